The van der Waals surface area contributed by atoms with Crippen molar-refractivity contribution in [1.82, 2.24) is 4.98 Å². The molecule has 1 aliphatic rings. The number of carbonyl (C=O) groups is 1. The average Bonchev–Trinajstić information content (AvgIpc) is 3.17. The molecule has 0 amide bonds. The highest BCUT2D eigenvalue weighted by Crippen LogP contribution is 2.51. The largest absolute Gasteiger partial charge is 0.478 e. The van der Waals surface area contributed by atoms with Gasteiger partial charge in [-0.25, -0.2) is 9.78 Å². The Bertz CT molecular complexity index is 505. The molecule has 2 rings (SSSR count). The third-order valence-corrected chi connectivity index (χ3v) is 4.42. The van der Waals surface area contributed by atoms with Crippen molar-refractivity contribution >= 4 is 11.8 Å². The summed E-state index contributed by atoms with van der Waals surface area (Å²) >= 11 is 0. The molecule has 1 heterocycles. The van der Waals surface area contributed by atoms with Crippen molar-refractivity contribution in [2.75, 3.05) is 11.9 Å². The summed E-state index contributed by atoms with van der Waals surface area (Å²) in [5.74, 6) is 0.639. The van der Waals surface area contributed by atoms with Crippen molar-refractivity contribution in [2.24, 2.45) is 11.3 Å². The van der Waals surface area contributed by atoms with Crippen LogP contribution in [0.15, 0.2) is 12.1 Å². The van der Waals surface area contributed by atoms with Gasteiger partial charge in [0.15, 0.2) is 0 Å². The van der Waals surface area contributed by atoms with E-state index in [0.717, 1.165) is 12.2 Å². The monoisotopic (exact) mass is 276 g/mol. The van der Waals surface area contributed by atoms with Crippen molar-refractivity contribution < 1.29 is 9.90 Å². The number of hydrogen-bond acceptors (Lipinski definition) is 3. The lowest BCUT2D eigenvalue weighted by Gasteiger charge is -2.21. The number of hydrogen-bond donors (Lipinski definition) is 2. The smallest absolute Gasteiger partial charge is 0.335 e. The predicted molar refractivity (Wildman–Crippen MR) is 80.3 cm³/mol. The summed E-state index contributed by atoms with van der Waals surface area (Å²) in [4.78, 5) is 15.7. The molecular formula is C16H24N2O2. The Balaban J connectivity index is 2.16. The van der Waals surface area contributed by atoms with Crippen molar-refractivity contribution in [3.8, 4) is 0 Å². The standard InChI is InChI=1S/C16H24N2O2/c1-10(2)13-7-12(15(19)20)8-14(18-13)17-9-16(5-6-16)11(3)4/h7-8,10-11H,5-6,9H2,1-4H3,(H,17,18)(H,19,20). The van der Waals surface area contributed by atoms with Crippen LogP contribution in [0, 0.1) is 11.3 Å². The van der Waals surface area contributed by atoms with Crippen LogP contribution in [0.3, 0.4) is 0 Å². The molecule has 0 bridgehead atoms. The highest BCUT2D eigenvalue weighted by Gasteiger charge is 2.44. The van der Waals surface area contributed by atoms with E-state index in [0.29, 0.717) is 22.7 Å². The molecule has 4 heteroatoms. The van der Waals surface area contributed by atoms with Crippen LogP contribution in [0.1, 0.15) is 62.5 Å². The van der Waals surface area contributed by atoms with Gasteiger partial charge in [-0.15, -0.1) is 0 Å². The Kier molecular flexibility index (Phi) is 4.02. The second-order valence-corrected chi connectivity index (χ2v) is 6.50. The summed E-state index contributed by atoms with van der Waals surface area (Å²) in [6, 6.07) is 3.29. The quantitative estimate of drug-likeness (QED) is 0.830. The van der Waals surface area contributed by atoms with Crippen LogP contribution >= 0.6 is 0 Å². The van der Waals surface area contributed by atoms with E-state index >= 15 is 0 Å². The maximum Gasteiger partial charge on any atom is 0.335 e. The number of aromatic nitrogens is 1. The highest BCUT2D eigenvalue weighted by molar-refractivity contribution is 5.88. The number of nitrogens with one attached hydrogen (secondary N) is 1. The van der Waals surface area contributed by atoms with E-state index in [4.69, 9.17) is 0 Å². The molecule has 1 aliphatic carbocycles. The van der Waals surface area contributed by atoms with Crippen molar-refractivity contribution in [2.45, 2.75) is 46.5 Å². The zero-order valence-electron chi connectivity index (χ0n) is 12.7. The molecule has 0 atom stereocenters. The van der Waals surface area contributed by atoms with E-state index in [1.807, 2.05) is 13.8 Å². The lowest BCUT2D eigenvalue weighted by molar-refractivity contribution is 0.0696. The molecule has 0 aliphatic heterocycles. The fourth-order valence-electron chi connectivity index (χ4n) is 2.45. The van der Waals surface area contributed by atoms with E-state index in [-0.39, 0.29) is 5.92 Å². The third-order valence-electron chi connectivity index (χ3n) is 4.42. The number of anilines is 1. The van der Waals surface area contributed by atoms with Crippen LogP contribution in [-0.4, -0.2) is 22.6 Å². The molecule has 110 valence electrons. The van der Waals surface area contributed by atoms with Gasteiger partial charge in [-0.05, 0) is 42.2 Å². The van der Waals surface area contributed by atoms with Gasteiger partial charge in [0.1, 0.15) is 5.82 Å². The number of aromatic carboxylic acids is 1. The highest BCUT2D eigenvalue weighted by atomic mass is 16.4. The summed E-state index contributed by atoms with van der Waals surface area (Å²) in [6.07, 6.45) is 2.49. The van der Waals surface area contributed by atoms with Crippen LogP contribution in [0.25, 0.3) is 0 Å². The van der Waals surface area contributed by atoms with Crippen LogP contribution in [-0.2, 0) is 0 Å². The van der Waals surface area contributed by atoms with Crippen molar-refractivity contribution in [3.63, 3.8) is 0 Å². The average molecular weight is 276 g/mol. The molecular weight excluding hydrogens is 252 g/mol. The second kappa shape index (κ2) is 5.43. The lowest BCUT2D eigenvalue weighted by Crippen LogP contribution is -2.21. The molecule has 0 aromatic carbocycles. The first-order valence-corrected chi connectivity index (χ1v) is 7.33. The first-order chi connectivity index (χ1) is 9.34. The fourth-order valence-corrected chi connectivity index (χ4v) is 2.45. The van der Waals surface area contributed by atoms with E-state index < -0.39 is 5.97 Å². The molecule has 0 unspecified atom stereocenters. The summed E-state index contributed by atoms with van der Waals surface area (Å²) in [6.45, 7) is 9.41. The van der Waals surface area contributed by atoms with Crippen LogP contribution in [0.5, 0.6) is 0 Å². The molecule has 1 saturated carbocycles. The SMILES string of the molecule is CC(C)c1cc(C(=O)O)cc(NCC2(C(C)C)CC2)n1. The summed E-state index contributed by atoms with van der Waals surface area (Å²) < 4.78 is 0. The Morgan fingerprint density at radius 2 is 2.00 bits per heavy atom. The molecule has 20 heavy (non-hydrogen) atoms. The molecule has 0 spiro atoms. The summed E-state index contributed by atoms with van der Waals surface area (Å²) in [5, 5.41) is 12.5. The topological polar surface area (TPSA) is 62.2 Å². The lowest BCUT2D eigenvalue weighted by atomic mass is 9.92. The minimum atomic E-state index is -0.901. The van der Waals surface area contributed by atoms with Gasteiger partial charge in [0, 0.05) is 12.2 Å². The van der Waals surface area contributed by atoms with Gasteiger partial charge in [-0.1, -0.05) is 27.7 Å². The van der Waals surface area contributed by atoms with Gasteiger partial charge >= 0.3 is 5.97 Å². The Morgan fingerprint density at radius 1 is 1.35 bits per heavy atom. The van der Waals surface area contributed by atoms with E-state index in [9.17, 15) is 9.90 Å². The van der Waals surface area contributed by atoms with Crippen LogP contribution in [0.2, 0.25) is 0 Å². The van der Waals surface area contributed by atoms with Crippen molar-refractivity contribution in [3.05, 3.63) is 23.4 Å². The third kappa shape index (κ3) is 3.11. The predicted octanol–water partition coefficient (Wildman–Crippen LogP) is 3.75. The number of pyridine rings is 1. The minimum Gasteiger partial charge on any atom is -0.478 e. The number of rotatable bonds is 6. The van der Waals surface area contributed by atoms with Gasteiger partial charge in [-0.2, -0.15) is 0 Å². The van der Waals surface area contributed by atoms with Gasteiger partial charge in [-0.3, -0.25) is 0 Å². The molecule has 4 nitrogen and oxygen atoms in total. The van der Waals surface area contributed by atoms with Gasteiger partial charge in [0.05, 0.1) is 5.56 Å². The molecule has 2 N–H and O–H groups in total. The zero-order chi connectivity index (χ0) is 14.9. The van der Waals surface area contributed by atoms with E-state index in [1.165, 1.54) is 12.8 Å². The number of carboxylic acids is 1. The minimum absolute atomic E-state index is 0.217. The van der Waals surface area contributed by atoms with E-state index in [2.05, 4.69) is 24.1 Å². The van der Waals surface area contributed by atoms with Crippen molar-refractivity contribution in [1.29, 1.82) is 0 Å². The number of carboxylic acid groups (broad SMARTS) is 1. The van der Waals surface area contributed by atoms with E-state index in [1.54, 1.807) is 12.1 Å². The Hall–Kier alpha value is -1.58. The maximum atomic E-state index is 11.2. The van der Waals surface area contributed by atoms with Gasteiger partial charge in [0.2, 0.25) is 0 Å². The second-order valence-electron chi connectivity index (χ2n) is 6.50. The normalized spacial score (nSPS) is 16.5. The zero-order valence-corrected chi connectivity index (χ0v) is 12.7. The molecule has 1 fully saturated rings. The number of nitrogens with zero attached hydrogens (tertiary/aromatic N) is 1. The first-order valence-electron chi connectivity index (χ1n) is 7.33. The molecule has 1 aromatic rings. The van der Waals surface area contributed by atoms with Crippen LogP contribution in [0.4, 0.5) is 5.82 Å². The molecule has 0 radical (unpaired) electrons. The van der Waals surface area contributed by atoms with Gasteiger partial charge in [0.25, 0.3) is 0 Å². The maximum absolute atomic E-state index is 11.2. The summed E-state index contributed by atoms with van der Waals surface area (Å²) in [5.41, 5.74) is 1.50. The van der Waals surface area contributed by atoms with Crippen LogP contribution < -0.4 is 5.32 Å². The Morgan fingerprint density at radius 3 is 2.45 bits per heavy atom. The molecule has 0 saturated heterocycles. The van der Waals surface area contributed by atoms with Gasteiger partial charge < -0.3 is 10.4 Å². The first kappa shape index (κ1) is 14.8. The Labute approximate surface area is 120 Å². The fraction of sp³-hybridized carbons (Fsp3) is 0.625. The molecule has 1 aromatic heterocycles. The summed E-state index contributed by atoms with van der Waals surface area (Å²) in [7, 11) is 0.